The van der Waals surface area contributed by atoms with E-state index in [1.165, 1.54) is 16.7 Å². The number of halogens is 2. The molecule has 3 heteroatoms. The molecule has 0 radical (unpaired) electrons. The van der Waals surface area contributed by atoms with Gasteiger partial charge in [-0.25, -0.2) is 4.98 Å². The van der Waals surface area contributed by atoms with Crippen molar-refractivity contribution in [2.75, 3.05) is 0 Å². The zero-order valence-corrected chi connectivity index (χ0v) is 18.0. The zero-order chi connectivity index (χ0) is 18.8. The molecule has 4 rings (SSSR count). The van der Waals surface area contributed by atoms with Crippen LogP contribution in [0, 0.1) is 6.92 Å². The smallest absolute Gasteiger partial charge is 0.0715 e. The average Bonchev–Trinajstić information content (AvgIpc) is 2.69. The standard InChI is InChI=1S/C24H17Br2N/c1-16-2-4-17(5-3-16)20-14-23(18-6-10-21(25)11-7-18)27-24(15-20)19-8-12-22(26)13-9-19/h2-15H,1H3. The van der Waals surface area contributed by atoms with Crippen LogP contribution >= 0.6 is 31.9 Å². The fraction of sp³-hybridized carbons (Fsp3) is 0.0417. The first-order valence-corrected chi connectivity index (χ1v) is 10.3. The summed E-state index contributed by atoms with van der Waals surface area (Å²) in [5.74, 6) is 0. The Morgan fingerprint density at radius 2 is 0.926 bits per heavy atom. The molecule has 1 aromatic heterocycles. The second kappa shape index (κ2) is 7.79. The summed E-state index contributed by atoms with van der Waals surface area (Å²) >= 11 is 7.02. The Balaban J connectivity index is 1.89. The number of nitrogens with zero attached hydrogens (tertiary/aromatic N) is 1. The lowest BCUT2D eigenvalue weighted by Crippen LogP contribution is -1.91. The van der Waals surface area contributed by atoms with Crippen LogP contribution in [0.3, 0.4) is 0 Å². The Morgan fingerprint density at radius 3 is 1.37 bits per heavy atom. The molecule has 0 aliphatic heterocycles. The van der Waals surface area contributed by atoms with Gasteiger partial charge in [0.15, 0.2) is 0 Å². The Hall–Kier alpha value is -2.23. The maximum absolute atomic E-state index is 4.95. The van der Waals surface area contributed by atoms with Crippen LogP contribution in [0.2, 0.25) is 0 Å². The van der Waals surface area contributed by atoms with E-state index in [9.17, 15) is 0 Å². The van der Waals surface area contributed by atoms with Crippen molar-refractivity contribution in [2.45, 2.75) is 6.92 Å². The van der Waals surface area contributed by atoms with Gasteiger partial charge in [0, 0.05) is 20.1 Å². The lowest BCUT2D eigenvalue weighted by molar-refractivity contribution is 1.32. The molecule has 0 spiro atoms. The number of benzene rings is 3. The maximum Gasteiger partial charge on any atom is 0.0715 e. The predicted molar refractivity (Wildman–Crippen MR) is 121 cm³/mol. The highest BCUT2D eigenvalue weighted by atomic mass is 79.9. The molecule has 0 atom stereocenters. The van der Waals surface area contributed by atoms with Crippen molar-refractivity contribution in [2.24, 2.45) is 0 Å². The van der Waals surface area contributed by atoms with Gasteiger partial charge < -0.3 is 0 Å². The van der Waals surface area contributed by atoms with Crippen LogP contribution in [0.5, 0.6) is 0 Å². The minimum Gasteiger partial charge on any atom is -0.248 e. The van der Waals surface area contributed by atoms with Gasteiger partial charge in [0.2, 0.25) is 0 Å². The van der Waals surface area contributed by atoms with Crippen molar-refractivity contribution >= 4 is 31.9 Å². The molecule has 0 fully saturated rings. The van der Waals surface area contributed by atoms with Crippen molar-refractivity contribution < 1.29 is 0 Å². The number of hydrogen-bond acceptors (Lipinski definition) is 1. The van der Waals surface area contributed by atoms with Crippen LogP contribution in [0.1, 0.15) is 5.56 Å². The van der Waals surface area contributed by atoms with Gasteiger partial charge in [-0.3, -0.25) is 0 Å². The van der Waals surface area contributed by atoms with Crippen LogP contribution in [0.4, 0.5) is 0 Å². The molecule has 1 heterocycles. The van der Waals surface area contributed by atoms with Gasteiger partial charge in [-0.1, -0.05) is 86.0 Å². The van der Waals surface area contributed by atoms with E-state index in [0.717, 1.165) is 31.5 Å². The van der Waals surface area contributed by atoms with Crippen molar-refractivity contribution in [3.63, 3.8) is 0 Å². The Kier molecular flexibility index (Phi) is 5.24. The van der Waals surface area contributed by atoms with Gasteiger partial charge in [0.1, 0.15) is 0 Å². The molecule has 0 bridgehead atoms. The van der Waals surface area contributed by atoms with Crippen molar-refractivity contribution in [3.8, 4) is 33.6 Å². The topological polar surface area (TPSA) is 12.9 Å². The summed E-state index contributed by atoms with van der Waals surface area (Å²) in [5, 5.41) is 0. The Morgan fingerprint density at radius 1 is 0.519 bits per heavy atom. The third-order valence-corrected chi connectivity index (χ3v) is 5.55. The molecular formula is C24H17Br2N. The van der Waals surface area contributed by atoms with E-state index in [4.69, 9.17) is 4.98 Å². The lowest BCUT2D eigenvalue weighted by atomic mass is 9.99. The Labute approximate surface area is 176 Å². The molecule has 4 aromatic rings. The van der Waals surface area contributed by atoms with Crippen LogP contribution in [-0.2, 0) is 0 Å². The molecule has 0 unspecified atom stereocenters. The highest BCUT2D eigenvalue weighted by molar-refractivity contribution is 9.10. The first-order valence-electron chi connectivity index (χ1n) is 8.69. The molecular weight excluding hydrogens is 462 g/mol. The van der Waals surface area contributed by atoms with E-state index in [2.05, 4.69) is 124 Å². The van der Waals surface area contributed by atoms with E-state index in [1.54, 1.807) is 0 Å². The van der Waals surface area contributed by atoms with Crippen LogP contribution < -0.4 is 0 Å². The second-order valence-electron chi connectivity index (χ2n) is 6.51. The van der Waals surface area contributed by atoms with Crippen molar-refractivity contribution in [1.29, 1.82) is 0 Å². The van der Waals surface area contributed by atoms with Gasteiger partial charge in [0.05, 0.1) is 11.4 Å². The van der Waals surface area contributed by atoms with Gasteiger partial charge in [-0.05, 0) is 54.4 Å². The summed E-state index contributed by atoms with van der Waals surface area (Å²) in [6.45, 7) is 2.11. The highest BCUT2D eigenvalue weighted by Gasteiger charge is 2.09. The fourth-order valence-electron chi connectivity index (χ4n) is 2.98. The Bertz CT molecular complexity index is 913. The van der Waals surface area contributed by atoms with Gasteiger partial charge in [0.25, 0.3) is 0 Å². The average molecular weight is 479 g/mol. The number of aromatic nitrogens is 1. The van der Waals surface area contributed by atoms with E-state index in [0.29, 0.717) is 0 Å². The number of aryl methyl sites for hydroxylation is 1. The highest BCUT2D eigenvalue weighted by Crippen LogP contribution is 2.31. The molecule has 27 heavy (non-hydrogen) atoms. The van der Waals surface area contributed by atoms with Gasteiger partial charge >= 0.3 is 0 Å². The van der Waals surface area contributed by atoms with Crippen LogP contribution in [0.25, 0.3) is 33.6 Å². The second-order valence-corrected chi connectivity index (χ2v) is 8.34. The number of rotatable bonds is 3. The van der Waals surface area contributed by atoms with Gasteiger partial charge in [-0.15, -0.1) is 0 Å². The molecule has 0 N–H and O–H groups in total. The quantitative estimate of drug-likeness (QED) is 0.291. The van der Waals surface area contributed by atoms with E-state index in [-0.39, 0.29) is 0 Å². The number of pyridine rings is 1. The van der Waals surface area contributed by atoms with E-state index in [1.807, 2.05) is 0 Å². The molecule has 1 nitrogen and oxygen atoms in total. The molecule has 0 aliphatic rings. The zero-order valence-electron chi connectivity index (χ0n) is 14.8. The van der Waals surface area contributed by atoms with E-state index < -0.39 is 0 Å². The molecule has 3 aromatic carbocycles. The summed E-state index contributed by atoms with van der Waals surface area (Å²) in [6.07, 6.45) is 0. The van der Waals surface area contributed by atoms with Crippen LogP contribution in [0.15, 0.2) is 93.9 Å². The number of hydrogen-bond donors (Lipinski definition) is 0. The minimum absolute atomic E-state index is 0.971. The summed E-state index contributed by atoms with van der Waals surface area (Å²) in [7, 11) is 0. The van der Waals surface area contributed by atoms with Gasteiger partial charge in [-0.2, -0.15) is 0 Å². The minimum atomic E-state index is 0.971. The first-order chi connectivity index (χ1) is 13.1. The van der Waals surface area contributed by atoms with Crippen molar-refractivity contribution in [1.82, 2.24) is 4.98 Å². The molecule has 0 amide bonds. The van der Waals surface area contributed by atoms with Crippen molar-refractivity contribution in [3.05, 3.63) is 99.4 Å². The van der Waals surface area contributed by atoms with Crippen LogP contribution in [-0.4, -0.2) is 4.98 Å². The summed E-state index contributed by atoms with van der Waals surface area (Å²) in [5.41, 5.74) is 7.77. The molecule has 0 saturated carbocycles. The predicted octanol–water partition coefficient (Wildman–Crippen LogP) is 7.92. The molecule has 0 saturated heterocycles. The summed E-state index contributed by atoms with van der Waals surface area (Å²) < 4.78 is 2.13. The summed E-state index contributed by atoms with van der Waals surface area (Å²) in [6, 6.07) is 29.5. The molecule has 132 valence electrons. The normalized spacial score (nSPS) is 10.8. The largest absolute Gasteiger partial charge is 0.248 e. The first kappa shape index (κ1) is 18.1. The SMILES string of the molecule is Cc1ccc(-c2cc(-c3ccc(Br)cc3)nc(-c3ccc(Br)cc3)c2)cc1. The van der Waals surface area contributed by atoms with E-state index >= 15 is 0 Å². The maximum atomic E-state index is 4.95. The molecule has 0 aliphatic carbocycles. The fourth-order valence-corrected chi connectivity index (χ4v) is 3.51. The monoisotopic (exact) mass is 477 g/mol. The lowest BCUT2D eigenvalue weighted by Gasteiger charge is -2.11. The third kappa shape index (κ3) is 4.20. The third-order valence-electron chi connectivity index (χ3n) is 4.49. The summed E-state index contributed by atoms with van der Waals surface area (Å²) in [4.78, 5) is 4.95.